The van der Waals surface area contributed by atoms with Crippen molar-refractivity contribution in [3.8, 4) is 17.0 Å². The van der Waals surface area contributed by atoms with E-state index in [1.165, 1.54) is 34.2 Å². The Balaban J connectivity index is 1.22. The lowest BCUT2D eigenvalue weighted by atomic mass is 10.1. The van der Waals surface area contributed by atoms with Gasteiger partial charge in [0.2, 0.25) is 5.13 Å². The lowest BCUT2D eigenvalue weighted by Crippen LogP contribution is -1.97. The number of nitro groups is 1. The molecule has 1 aromatic heterocycles. The summed E-state index contributed by atoms with van der Waals surface area (Å²) in [4.78, 5) is 15.0. The second-order valence-electron chi connectivity index (χ2n) is 7.71. The molecule has 0 bridgehead atoms. The molecule has 0 amide bonds. The van der Waals surface area contributed by atoms with Gasteiger partial charge in [-0.25, -0.2) is 4.98 Å². The Hall–Kier alpha value is -4.56. The minimum absolute atomic E-state index is 0.0329. The lowest BCUT2D eigenvalue weighted by molar-refractivity contribution is -0.384. The van der Waals surface area contributed by atoms with Gasteiger partial charge >= 0.3 is 0 Å². The van der Waals surface area contributed by atoms with Crippen molar-refractivity contribution in [3.05, 3.63) is 118 Å². The number of hydrogen-bond donors (Lipinski definition) is 1. The lowest BCUT2D eigenvalue weighted by Gasteiger charge is -2.09. The largest absolute Gasteiger partial charge is 0.489 e. The number of aromatic nitrogens is 1. The fraction of sp³-hybridized carbons (Fsp3) is 0.0370. The normalized spacial score (nSPS) is 11.1. The molecule has 8 heteroatoms. The molecule has 0 spiro atoms. The van der Waals surface area contributed by atoms with E-state index in [1.54, 1.807) is 18.3 Å². The molecular weight excluding hydrogens is 460 g/mol. The quantitative estimate of drug-likeness (QED) is 0.148. The predicted octanol–water partition coefficient (Wildman–Crippen LogP) is 6.90. The Bertz CT molecular complexity index is 1520. The summed E-state index contributed by atoms with van der Waals surface area (Å²) in [6, 6.07) is 28.6. The summed E-state index contributed by atoms with van der Waals surface area (Å²) < 4.78 is 6.04. The van der Waals surface area contributed by atoms with Crippen molar-refractivity contribution in [1.82, 2.24) is 4.98 Å². The van der Waals surface area contributed by atoms with Crippen LogP contribution < -0.4 is 10.2 Å². The molecule has 7 nitrogen and oxygen atoms in total. The van der Waals surface area contributed by atoms with Gasteiger partial charge in [-0.1, -0.05) is 66.7 Å². The predicted molar refractivity (Wildman–Crippen MR) is 140 cm³/mol. The van der Waals surface area contributed by atoms with Gasteiger partial charge in [-0.05, 0) is 34.0 Å². The van der Waals surface area contributed by atoms with Gasteiger partial charge in [0, 0.05) is 23.1 Å². The Morgan fingerprint density at radius 2 is 1.83 bits per heavy atom. The third kappa shape index (κ3) is 5.34. The Kier molecular flexibility index (Phi) is 6.45. The molecule has 35 heavy (non-hydrogen) atoms. The minimum Gasteiger partial charge on any atom is -0.489 e. The number of nitro benzene ring substituents is 1. The number of rotatable bonds is 8. The zero-order valence-corrected chi connectivity index (χ0v) is 19.3. The molecular formula is C27H20N4O3S. The molecule has 4 aromatic carbocycles. The third-order valence-electron chi connectivity index (χ3n) is 5.36. The van der Waals surface area contributed by atoms with Crippen LogP contribution in [-0.2, 0) is 6.61 Å². The van der Waals surface area contributed by atoms with Crippen molar-refractivity contribution in [2.45, 2.75) is 6.61 Å². The highest BCUT2D eigenvalue weighted by Crippen LogP contribution is 2.27. The smallest absolute Gasteiger partial charge is 0.270 e. The van der Waals surface area contributed by atoms with Crippen LogP contribution >= 0.6 is 11.3 Å². The number of fused-ring (bicyclic) bond motifs is 1. The van der Waals surface area contributed by atoms with Gasteiger partial charge in [-0.2, -0.15) is 5.10 Å². The first-order chi connectivity index (χ1) is 17.2. The molecule has 0 aliphatic rings. The molecule has 0 saturated carbocycles. The number of hydrogen-bond acceptors (Lipinski definition) is 7. The van der Waals surface area contributed by atoms with Crippen LogP contribution in [0.15, 0.2) is 101 Å². The average molecular weight is 481 g/mol. The average Bonchev–Trinajstić information content (AvgIpc) is 3.37. The number of anilines is 1. The van der Waals surface area contributed by atoms with Crippen LogP contribution in [0.1, 0.15) is 11.1 Å². The third-order valence-corrected chi connectivity index (χ3v) is 6.11. The van der Waals surface area contributed by atoms with E-state index in [-0.39, 0.29) is 5.69 Å². The maximum Gasteiger partial charge on any atom is 0.270 e. The van der Waals surface area contributed by atoms with Crippen molar-refractivity contribution < 1.29 is 9.66 Å². The molecule has 0 aliphatic carbocycles. The molecule has 5 rings (SSSR count). The molecule has 1 N–H and O–H groups in total. The van der Waals surface area contributed by atoms with E-state index in [2.05, 4.69) is 39.8 Å². The molecule has 0 unspecified atom stereocenters. The summed E-state index contributed by atoms with van der Waals surface area (Å²) in [6.07, 6.45) is 1.69. The summed E-state index contributed by atoms with van der Waals surface area (Å²) in [5.74, 6) is 0.754. The number of nitrogens with one attached hydrogen (secondary N) is 1. The van der Waals surface area contributed by atoms with Crippen molar-refractivity contribution >= 4 is 39.1 Å². The van der Waals surface area contributed by atoms with E-state index in [9.17, 15) is 10.1 Å². The Morgan fingerprint density at radius 1 is 1.00 bits per heavy atom. The van der Waals surface area contributed by atoms with Gasteiger partial charge in [-0.3, -0.25) is 15.5 Å². The molecule has 172 valence electrons. The maximum atomic E-state index is 11.0. The molecule has 0 fully saturated rings. The first-order valence-electron chi connectivity index (χ1n) is 10.8. The maximum absolute atomic E-state index is 11.0. The van der Waals surface area contributed by atoms with E-state index in [0.717, 1.165) is 16.9 Å². The van der Waals surface area contributed by atoms with Crippen molar-refractivity contribution in [1.29, 1.82) is 0 Å². The standard InChI is InChI=1S/C27H20N4O3S/c32-31(33)23-11-5-9-21(15-23)26-18-35-27(29-26)30-28-16-19-6-3-12-24(14-19)34-17-22-10-4-8-20-7-1-2-13-25(20)22/h1-16,18H,17H2,(H,29,30)/b28-16-. The number of ether oxygens (including phenoxy) is 1. The van der Waals surface area contributed by atoms with E-state index < -0.39 is 4.92 Å². The highest BCUT2D eigenvalue weighted by molar-refractivity contribution is 7.14. The van der Waals surface area contributed by atoms with Crippen LogP contribution in [0.2, 0.25) is 0 Å². The van der Waals surface area contributed by atoms with Crippen LogP contribution in [0.4, 0.5) is 10.8 Å². The summed E-state index contributed by atoms with van der Waals surface area (Å²) >= 11 is 1.37. The minimum atomic E-state index is -0.417. The summed E-state index contributed by atoms with van der Waals surface area (Å²) in [6.45, 7) is 0.472. The van der Waals surface area contributed by atoms with Gasteiger partial charge in [0.1, 0.15) is 12.4 Å². The number of nitrogens with zero attached hydrogens (tertiary/aromatic N) is 3. The number of benzene rings is 4. The van der Waals surface area contributed by atoms with Crippen molar-refractivity contribution in [2.75, 3.05) is 5.43 Å². The topological polar surface area (TPSA) is 89.7 Å². The van der Waals surface area contributed by atoms with E-state index in [4.69, 9.17) is 4.74 Å². The number of non-ortho nitro benzene ring substituents is 1. The van der Waals surface area contributed by atoms with Crippen molar-refractivity contribution in [2.24, 2.45) is 5.10 Å². The zero-order valence-electron chi connectivity index (χ0n) is 18.5. The highest BCUT2D eigenvalue weighted by atomic mass is 32.1. The first-order valence-corrected chi connectivity index (χ1v) is 11.7. The number of hydrazone groups is 1. The van der Waals surface area contributed by atoms with Gasteiger partial charge in [0.05, 0.1) is 16.8 Å². The summed E-state index contributed by atoms with van der Waals surface area (Å²) in [5.41, 5.74) is 6.30. The van der Waals surface area contributed by atoms with E-state index in [1.807, 2.05) is 47.8 Å². The van der Waals surface area contributed by atoms with Gasteiger partial charge in [0.25, 0.3) is 5.69 Å². The fourth-order valence-corrected chi connectivity index (χ4v) is 4.33. The monoisotopic (exact) mass is 480 g/mol. The number of thiazole rings is 1. The van der Waals surface area contributed by atoms with Crippen molar-refractivity contribution in [3.63, 3.8) is 0 Å². The second-order valence-corrected chi connectivity index (χ2v) is 8.57. The van der Waals surface area contributed by atoms with E-state index >= 15 is 0 Å². The second kappa shape index (κ2) is 10.1. The summed E-state index contributed by atoms with van der Waals surface area (Å²) in [5, 5.41) is 20.1. The van der Waals surface area contributed by atoms with E-state index in [0.29, 0.717) is 23.0 Å². The molecule has 1 heterocycles. The molecule has 0 aliphatic heterocycles. The first kappa shape index (κ1) is 22.2. The van der Waals surface area contributed by atoms with Crippen LogP contribution in [0, 0.1) is 10.1 Å². The van der Waals surface area contributed by atoms with Gasteiger partial charge < -0.3 is 4.74 Å². The van der Waals surface area contributed by atoms with Crippen LogP contribution in [0.3, 0.4) is 0 Å². The van der Waals surface area contributed by atoms with Crippen LogP contribution in [0.25, 0.3) is 22.0 Å². The van der Waals surface area contributed by atoms with Gasteiger partial charge in [0.15, 0.2) is 0 Å². The SMILES string of the molecule is O=[N+]([O-])c1cccc(-c2csc(N/N=C\c3cccc(OCc4cccc5ccccc45)c3)n2)c1. The zero-order chi connectivity index (χ0) is 24.0. The Morgan fingerprint density at radius 3 is 2.74 bits per heavy atom. The molecule has 0 saturated heterocycles. The molecule has 0 radical (unpaired) electrons. The van der Waals surface area contributed by atoms with Crippen LogP contribution in [0.5, 0.6) is 5.75 Å². The fourth-order valence-electron chi connectivity index (χ4n) is 3.66. The molecule has 5 aromatic rings. The highest BCUT2D eigenvalue weighted by Gasteiger charge is 2.10. The molecule has 0 atom stereocenters. The van der Waals surface area contributed by atoms with Gasteiger partial charge in [-0.15, -0.1) is 11.3 Å². The summed E-state index contributed by atoms with van der Waals surface area (Å²) in [7, 11) is 0. The van der Waals surface area contributed by atoms with Crippen LogP contribution in [-0.4, -0.2) is 16.1 Å². The Labute approximate surface area is 205 Å².